The SMILES string of the molecule is Cc1c(-c2ccnc(Nc3ccc(-c4csnn4)cc3)n2)c(C)n2c1C(=O)NCC2. The third kappa shape index (κ3) is 3.13. The molecule has 3 aromatic heterocycles. The number of nitrogens with one attached hydrogen (secondary N) is 2. The summed E-state index contributed by atoms with van der Waals surface area (Å²) in [6, 6.07) is 9.77. The van der Waals surface area contributed by atoms with Gasteiger partial charge in [0, 0.05) is 47.2 Å². The predicted molar refractivity (Wildman–Crippen MR) is 116 cm³/mol. The van der Waals surface area contributed by atoms with E-state index in [-0.39, 0.29) is 5.91 Å². The molecule has 0 unspecified atom stereocenters. The number of benzene rings is 1. The molecule has 1 aliphatic heterocycles. The molecule has 150 valence electrons. The van der Waals surface area contributed by atoms with Gasteiger partial charge in [-0.05, 0) is 49.1 Å². The normalized spacial score (nSPS) is 13.1. The van der Waals surface area contributed by atoms with Crippen LogP contribution in [0.3, 0.4) is 0 Å². The highest BCUT2D eigenvalue weighted by Gasteiger charge is 2.26. The van der Waals surface area contributed by atoms with Crippen LogP contribution in [0.2, 0.25) is 0 Å². The molecule has 30 heavy (non-hydrogen) atoms. The molecule has 1 aromatic carbocycles. The summed E-state index contributed by atoms with van der Waals surface area (Å²) in [5.41, 5.74) is 7.22. The number of rotatable bonds is 4. The molecule has 8 nitrogen and oxygen atoms in total. The molecule has 2 N–H and O–H groups in total. The first kappa shape index (κ1) is 18.4. The average molecular weight is 417 g/mol. The van der Waals surface area contributed by atoms with Crippen molar-refractivity contribution < 1.29 is 4.79 Å². The second kappa shape index (κ2) is 7.34. The lowest BCUT2D eigenvalue weighted by Crippen LogP contribution is -2.35. The summed E-state index contributed by atoms with van der Waals surface area (Å²) in [6.45, 7) is 5.42. The molecule has 0 atom stereocenters. The second-order valence-corrected chi connectivity index (χ2v) is 7.71. The number of aromatic nitrogens is 5. The van der Waals surface area contributed by atoms with Crippen molar-refractivity contribution in [1.29, 1.82) is 0 Å². The summed E-state index contributed by atoms with van der Waals surface area (Å²) < 4.78 is 5.97. The zero-order valence-electron chi connectivity index (χ0n) is 16.5. The number of fused-ring (bicyclic) bond motifs is 1. The first-order valence-electron chi connectivity index (χ1n) is 9.57. The molecule has 5 rings (SSSR count). The summed E-state index contributed by atoms with van der Waals surface area (Å²) >= 11 is 1.33. The van der Waals surface area contributed by atoms with E-state index >= 15 is 0 Å². The fraction of sp³-hybridized carbons (Fsp3) is 0.190. The molecule has 1 amide bonds. The van der Waals surface area contributed by atoms with Gasteiger partial charge in [0.25, 0.3) is 5.91 Å². The van der Waals surface area contributed by atoms with E-state index in [9.17, 15) is 4.79 Å². The van der Waals surface area contributed by atoms with Gasteiger partial charge in [-0.15, -0.1) is 5.10 Å². The van der Waals surface area contributed by atoms with Gasteiger partial charge in [-0.25, -0.2) is 9.97 Å². The Labute approximate surface area is 177 Å². The minimum Gasteiger partial charge on any atom is -0.349 e. The summed E-state index contributed by atoms with van der Waals surface area (Å²) in [4.78, 5) is 21.4. The van der Waals surface area contributed by atoms with E-state index in [0.29, 0.717) is 18.2 Å². The van der Waals surface area contributed by atoms with Crippen molar-refractivity contribution in [2.45, 2.75) is 20.4 Å². The van der Waals surface area contributed by atoms with Crippen molar-refractivity contribution >= 4 is 29.1 Å². The fourth-order valence-electron chi connectivity index (χ4n) is 3.91. The summed E-state index contributed by atoms with van der Waals surface area (Å²) in [7, 11) is 0. The lowest BCUT2D eigenvalue weighted by molar-refractivity contribution is 0.0926. The van der Waals surface area contributed by atoms with Crippen molar-refractivity contribution in [3.05, 3.63) is 58.9 Å². The van der Waals surface area contributed by atoms with Gasteiger partial charge in [0.15, 0.2) is 0 Å². The van der Waals surface area contributed by atoms with Crippen LogP contribution in [0.15, 0.2) is 41.9 Å². The number of carbonyl (C=O) groups is 1. The van der Waals surface area contributed by atoms with E-state index in [1.807, 2.05) is 49.6 Å². The molecule has 0 saturated heterocycles. The van der Waals surface area contributed by atoms with Gasteiger partial charge >= 0.3 is 0 Å². The first-order valence-corrected chi connectivity index (χ1v) is 10.4. The number of amides is 1. The lowest BCUT2D eigenvalue weighted by atomic mass is 10.1. The molecule has 4 aromatic rings. The van der Waals surface area contributed by atoms with E-state index in [2.05, 4.69) is 29.8 Å². The largest absolute Gasteiger partial charge is 0.349 e. The first-order chi connectivity index (χ1) is 14.6. The van der Waals surface area contributed by atoms with Gasteiger partial charge in [0.05, 0.1) is 5.69 Å². The minimum atomic E-state index is -0.0316. The smallest absolute Gasteiger partial charge is 0.268 e. The Kier molecular flexibility index (Phi) is 4.51. The summed E-state index contributed by atoms with van der Waals surface area (Å²) in [5.74, 6) is 0.471. The molecule has 0 radical (unpaired) electrons. The van der Waals surface area contributed by atoms with Crippen molar-refractivity contribution in [1.82, 2.24) is 29.4 Å². The van der Waals surface area contributed by atoms with Crippen molar-refractivity contribution in [3.8, 4) is 22.5 Å². The average Bonchev–Trinajstić information content (AvgIpc) is 3.37. The molecule has 9 heteroatoms. The number of nitrogens with zero attached hydrogens (tertiary/aromatic N) is 5. The molecular weight excluding hydrogens is 398 g/mol. The van der Waals surface area contributed by atoms with E-state index in [4.69, 9.17) is 4.98 Å². The zero-order chi connectivity index (χ0) is 20.7. The third-order valence-corrected chi connectivity index (χ3v) is 5.82. The van der Waals surface area contributed by atoms with Crippen LogP contribution in [-0.2, 0) is 6.54 Å². The van der Waals surface area contributed by atoms with Gasteiger partial charge in [-0.1, -0.05) is 16.6 Å². The standard InChI is InChI=1S/C21H19N7OS/c1-12-18(13(2)28-10-9-22-20(29)19(12)28)16-7-8-23-21(25-16)24-15-5-3-14(4-6-15)17-11-30-27-26-17/h3-8,11H,9-10H2,1-2H3,(H,22,29)(H,23,24,25). The Hall–Kier alpha value is -3.59. The Balaban J connectivity index is 1.45. The highest BCUT2D eigenvalue weighted by molar-refractivity contribution is 7.03. The molecular formula is C21H19N7OS. The number of hydrogen-bond acceptors (Lipinski definition) is 7. The quantitative estimate of drug-likeness (QED) is 0.527. The minimum absolute atomic E-state index is 0.0316. The number of anilines is 2. The van der Waals surface area contributed by atoms with Gasteiger partial charge < -0.3 is 15.2 Å². The maximum Gasteiger partial charge on any atom is 0.268 e. The maximum atomic E-state index is 12.3. The lowest BCUT2D eigenvalue weighted by Gasteiger charge is -2.17. The third-order valence-electron chi connectivity index (χ3n) is 5.31. The van der Waals surface area contributed by atoms with Crippen LogP contribution in [-0.4, -0.2) is 36.6 Å². The summed E-state index contributed by atoms with van der Waals surface area (Å²) in [6.07, 6.45) is 1.73. The highest BCUT2D eigenvalue weighted by Crippen LogP contribution is 2.32. The van der Waals surface area contributed by atoms with Crippen molar-refractivity contribution in [3.63, 3.8) is 0 Å². The second-order valence-electron chi connectivity index (χ2n) is 7.10. The van der Waals surface area contributed by atoms with Crippen LogP contribution in [0.5, 0.6) is 0 Å². The maximum absolute atomic E-state index is 12.3. The van der Waals surface area contributed by atoms with Crippen LogP contribution >= 0.6 is 11.5 Å². The van der Waals surface area contributed by atoms with Gasteiger partial charge in [0.1, 0.15) is 11.4 Å². The Bertz CT molecular complexity index is 1230. The van der Waals surface area contributed by atoms with Gasteiger partial charge in [-0.2, -0.15) is 0 Å². The topological polar surface area (TPSA) is 97.6 Å². The van der Waals surface area contributed by atoms with E-state index < -0.39 is 0 Å². The van der Waals surface area contributed by atoms with E-state index in [1.165, 1.54) is 11.5 Å². The molecule has 0 bridgehead atoms. The summed E-state index contributed by atoms with van der Waals surface area (Å²) in [5, 5.41) is 12.2. The van der Waals surface area contributed by atoms with Crippen LogP contribution in [0.4, 0.5) is 11.6 Å². The monoisotopic (exact) mass is 417 g/mol. The molecule has 1 aliphatic rings. The van der Waals surface area contributed by atoms with Gasteiger partial charge in [0.2, 0.25) is 5.95 Å². The number of hydrogen-bond donors (Lipinski definition) is 2. The molecule has 0 fully saturated rings. The Morgan fingerprint density at radius 1 is 1.13 bits per heavy atom. The van der Waals surface area contributed by atoms with E-state index in [0.717, 1.165) is 46.0 Å². The van der Waals surface area contributed by atoms with Gasteiger partial charge in [-0.3, -0.25) is 4.79 Å². The fourth-order valence-corrected chi connectivity index (χ4v) is 4.38. The Morgan fingerprint density at radius 2 is 1.97 bits per heavy atom. The molecule has 4 heterocycles. The zero-order valence-corrected chi connectivity index (χ0v) is 17.3. The van der Waals surface area contributed by atoms with E-state index in [1.54, 1.807) is 6.20 Å². The Morgan fingerprint density at radius 3 is 2.70 bits per heavy atom. The molecule has 0 saturated carbocycles. The van der Waals surface area contributed by atoms with Crippen LogP contribution < -0.4 is 10.6 Å². The van der Waals surface area contributed by atoms with Crippen LogP contribution in [0, 0.1) is 13.8 Å². The van der Waals surface area contributed by atoms with Crippen molar-refractivity contribution in [2.24, 2.45) is 0 Å². The van der Waals surface area contributed by atoms with Crippen LogP contribution in [0.1, 0.15) is 21.7 Å². The molecule has 0 spiro atoms. The predicted octanol–water partition coefficient (Wildman–Crippen LogP) is 3.57. The van der Waals surface area contributed by atoms with Crippen molar-refractivity contribution in [2.75, 3.05) is 11.9 Å². The van der Waals surface area contributed by atoms with Crippen LogP contribution in [0.25, 0.3) is 22.5 Å². The highest BCUT2D eigenvalue weighted by atomic mass is 32.1. The molecule has 0 aliphatic carbocycles. The number of carbonyl (C=O) groups excluding carboxylic acids is 1.